The molecule has 1 fully saturated rings. The van der Waals surface area contributed by atoms with E-state index in [0.29, 0.717) is 25.9 Å². The van der Waals surface area contributed by atoms with Gasteiger partial charge in [0.15, 0.2) is 5.78 Å². The minimum Gasteiger partial charge on any atom is -0.396 e. The number of hydrogen-bond donors (Lipinski definition) is 1. The minimum atomic E-state index is -4.65. The van der Waals surface area contributed by atoms with Crippen molar-refractivity contribution >= 4 is 11.7 Å². The van der Waals surface area contributed by atoms with Gasteiger partial charge >= 0.3 is 6.18 Å². The van der Waals surface area contributed by atoms with Crippen LogP contribution in [0.4, 0.5) is 13.2 Å². The van der Waals surface area contributed by atoms with Crippen LogP contribution < -0.4 is 5.73 Å². The Morgan fingerprint density at radius 1 is 1.27 bits per heavy atom. The summed E-state index contributed by atoms with van der Waals surface area (Å²) in [6.45, 7) is 4.43. The topological polar surface area (TPSA) is 89.2 Å². The van der Waals surface area contributed by atoms with Gasteiger partial charge < -0.3 is 10.6 Å². The van der Waals surface area contributed by atoms with Gasteiger partial charge in [-0.3, -0.25) is 9.59 Å². The molecule has 6 nitrogen and oxygen atoms in total. The van der Waals surface area contributed by atoms with Crippen molar-refractivity contribution in [1.29, 1.82) is 0 Å². The van der Waals surface area contributed by atoms with Crippen LogP contribution in [0.2, 0.25) is 0 Å². The Balaban J connectivity index is 1.79. The predicted molar refractivity (Wildman–Crippen MR) is 85.7 cm³/mol. The number of amides is 1. The maximum Gasteiger partial charge on any atom is 0.451 e. The third-order valence-corrected chi connectivity index (χ3v) is 4.96. The highest BCUT2D eigenvalue weighted by Crippen LogP contribution is 2.47. The number of nitrogens with zero attached hydrogens (tertiary/aromatic N) is 3. The molecule has 1 atom stereocenters. The molecule has 2 heterocycles. The number of halogens is 3. The van der Waals surface area contributed by atoms with Crippen LogP contribution in [0.1, 0.15) is 42.9 Å². The van der Waals surface area contributed by atoms with Crippen molar-refractivity contribution < 1.29 is 22.8 Å². The number of alkyl halides is 3. The molecule has 2 aliphatic rings. The summed E-state index contributed by atoms with van der Waals surface area (Å²) in [5.41, 5.74) is 5.07. The largest absolute Gasteiger partial charge is 0.451 e. The van der Waals surface area contributed by atoms with Gasteiger partial charge in [0.25, 0.3) is 5.91 Å². The summed E-state index contributed by atoms with van der Waals surface area (Å²) in [7, 11) is 0. The fourth-order valence-electron chi connectivity index (χ4n) is 3.90. The summed E-state index contributed by atoms with van der Waals surface area (Å²) >= 11 is 0. The Labute approximate surface area is 148 Å². The predicted octanol–water partition coefficient (Wildman–Crippen LogP) is 2.17. The van der Waals surface area contributed by atoms with E-state index in [1.807, 2.05) is 13.8 Å². The monoisotopic (exact) mass is 368 g/mol. The molecule has 1 saturated heterocycles. The number of carbonyl (C=O) groups excluding carboxylic acids is 2. The number of nitrogens with two attached hydrogens (primary N) is 1. The second-order valence-electron chi connectivity index (χ2n) is 7.62. The van der Waals surface area contributed by atoms with E-state index in [0.717, 1.165) is 12.4 Å². The molecule has 0 saturated carbocycles. The first-order valence-electron chi connectivity index (χ1n) is 8.15. The first-order chi connectivity index (χ1) is 11.9. The smallest absolute Gasteiger partial charge is 0.396 e. The molecule has 1 aromatic rings. The van der Waals surface area contributed by atoms with Gasteiger partial charge in [-0.25, -0.2) is 9.97 Å². The van der Waals surface area contributed by atoms with Crippen molar-refractivity contribution in [1.82, 2.24) is 14.9 Å². The van der Waals surface area contributed by atoms with Gasteiger partial charge in [-0.15, -0.1) is 0 Å². The van der Waals surface area contributed by atoms with Gasteiger partial charge in [0.1, 0.15) is 0 Å². The van der Waals surface area contributed by atoms with Gasteiger partial charge in [-0.1, -0.05) is 13.8 Å². The molecule has 1 amide bonds. The number of ketones is 1. The lowest BCUT2D eigenvalue weighted by Crippen LogP contribution is -2.42. The highest BCUT2D eigenvalue weighted by molar-refractivity contribution is 6.00. The number of rotatable bonds is 1. The number of carbonyl (C=O) groups is 2. The summed E-state index contributed by atoms with van der Waals surface area (Å²) in [6, 6.07) is 0. The molecule has 3 rings (SSSR count). The minimum absolute atomic E-state index is 0.00172. The zero-order chi connectivity index (χ0) is 19.3. The quantitative estimate of drug-likeness (QED) is 0.821. The van der Waals surface area contributed by atoms with Crippen LogP contribution in [0, 0.1) is 10.8 Å². The van der Waals surface area contributed by atoms with Gasteiger partial charge in [0, 0.05) is 36.3 Å². The summed E-state index contributed by atoms with van der Waals surface area (Å²) in [6.07, 6.45) is 0.0623. The van der Waals surface area contributed by atoms with E-state index in [-0.39, 0.29) is 17.0 Å². The molecular formula is C17H19F3N4O2. The number of allylic oxidation sites excluding steroid dienone is 1. The van der Waals surface area contributed by atoms with Crippen LogP contribution in [-0.4, -0.2) is 39.6 Å². The zero-order valence-electron chi connectivity index (χ0n) is 14.4. The third kappa shape index (κ3) is 3.17. The highest BCUT2D eigenvalue weighted by atomic mass is 19.4. The second kappa shape index (κ2) is 5.78. The Kier molecular flexibility index (Phi) is 4.08. The normalized spacial score (nSPS) is 25.5. The van der Waals surface area contributed by atoms with Crippen LogP contribution >= 0.6 is 0 Å². The Morgan fingerprint density at radius 3 is 2.42 bits per heavy atom. The van der Waals surface area contributed by atoms with E-state index < -0.39 is 28.7 Å². The van der Waals surface area contributed by atoms with E-state index in [2.05, 4.69) is 9.97 Å². The van der Waals surface area contributed by atoms with E-state index in [4.69, 9.17) is 5.73 Å². The van der Waals surface area contributed by atoms with Crippen LogP contribution in [0.3, 0.4) is 0 Å². The number of likely N-dealkylation sites (tertiary alicyclic amines) is 1. The Bertz CT molecular complexity index is 786. The summed E-state index contributed by atoms with van der Waals surface area (Å²) in [4.78, 5) is 32.7. The first kappa shape index (κ1) is 18.3. The third-order valence-electron chi connectivity index (χ3n) is 4.96. The maximum absolute atomic E-state index is 12.6. The van der Waals surface area contributed by atoms with E-state index in [1.165, 1.54) is 0 Å². The van der Waals surface area contributed by atoms with Crippen molar-refractivity contribution in [2.75, 3.05) is 13.1 Å². The second-order valence-corrected chi connectivity index (χ2v) is 7.62. The standard InChI is InChI=1S/C17H19F3N4O2/c1-15(2)8-16(5-11(21)12(15)25)3-4-24(9-16)13(26)10-6-22-14(23-7-10)17(18,19)20/h5-7H,3-4,8-9,21H2,1-2H3/t16-/m0/s1. The van der Waals surface area contributed by atoms with Gasteiger partial charge in [0.2, 0.25) is 5.82 Å². The number of hydrogen-bond acceptors (Lipinski definition) is 5. The molecule has 0 unspecified atom stereocenters. The maximum atomic E-state index is 12.6. The van der Waals surface area contributed by atoms with Gasteiger partial charge in [-0.05, 0) is 18.9 Å². The van der Waals surface area contributed by atoms with Crippen molar-refractivity contribution in [3.05, 3.63) is 35.6 Å². The van der Waals surface area contributed by atoms with Crippen LogP contribution in [0.25, 0.3) is 0 Å². The van der Waals surface area contributed by atoms with Gasteiger partial charge in [-0.2, -0.15) is 13.2 Å². The van der Waals surface area contributed by atoms with Crippen molar-refractivity contribution in [2.45, 2.75) is 32.9 Å². The fourth-order valence-corrected chi connectivity index (χ4v) is 3.90. The average Bonchev–Trinajstić information content (AvgIpc) is 2.94. The zero-order valence-corrected chi connectivity index (χ0v) is 14.4. The van der Waals surface area contributed by atoms with Crippen molar-refractivity contribution in [3.63, 3.8) is 0 Å². The lowest BCUT2D eigenvalue weighted by molar-refractivity contribution is -0.145. The lowest BCUT2D eigenvalue weighted by Gasteiger charge is -2.39. The van der Waals surface area contributed by atoms with Crippen LogP contribution in [-0.2, 0) is 11.0 Å². The average molecular weight is 368 g/mol. The number of aromatic nitrogens is 2. The Hall–Kier alpha value is -2.45. The van der Waals surface area contributed by atoms with Gasteiger partial charge in [0.05, 0.1) is 11.3 Å². The summed E-state index contributed by atoms with van der Waals surface area (Å²) < 4.78 is 37.6. The van der Waals surface area contributed by atoms with E-state index >= 15 is 0 Å². The summed E-state index contributed by atoms with van der Waals surface area (Å²) in [5.74, 6) is -1.82. The molecule has 0 aromatic carbocycles. The molecule has 1 aromatic heterocycles. The fraction of sp³-hybridized carbons (Fsp3) is 0.529. The molecule has 1 spiro atoms. The van der Waals surface area contributed by atoms with Crippen LogP contribution in [0.15, 0.2) is 24.2 Å². The molecule has 0 bridgehead atoms. The molecule has 0 radical (unpaired) electrons. The summed E-state index contributed by atoms with van der Waals surface area (Å²) in [5, 5.41) is 0. The van der Waals surface area contributed by atoms with Crippen molar-refractivity contribution in [2.24, 2.45) is 16.6 Å². The lowest BCUT2D eigenvalue weighted by atomic mass is 9.65. The molecule has 2 N–H and O–H groups in total. The van der Waals surface area contributed by atoms with Crippen LogP contribution in [0.5, 0.6) is 0 Å². The molecular weight excluding hydrogens is 349 g/mol. The number of Topliss-reactive ketones (excluding diaryl/α,β-unsaturated/α-hetero) is 1. The molecule has 1 aliphatic heterocycles. The highest BCUT2D eigenvalue weighted by Gasteiger charge is 2.48. The first-order valence-corrected chi connectivity index (χ1v) is 8.15. The molecule has 1 aliphatic carbocycles. The van der Waals surface area contributed by atoms with E-state index in [1.54, 1.807) is 11.0 Å². The molecule has 9 heteroatoms. The molecule has 26 heavy (non-hydrogen) atoms. The van der Waals surface area contributed by atoms with Crippen molar-refractivity contribution in [3.8, 4) is 0 Å². The SMILES string of the molecule is CC1(C)C[C@@]2(C=C(N)C1=O)CCN(C(=O)c1cnc(C(F)(F)F)nc1)C2. The van der Waals surface area contributed by atoms with E-state index in [9.17, 15) is 22.8 Å². The molecule has 140 valence electrons. The Morgan fingerprint density at radius 2 is 1.88 bits per heavy atom.